The molecule has 1 saturated heterocycles. The van der Waals surface area contributed by atoms with E-state index in [1.807, 2.05) is 24.4 Å². The van der Waals surface area contributed by atoms with Crippen LogP contribution in [0.25, 0.3) is 33.4 Å². The standard InChI is InChI=1S/C22H20ClFN6/c23-16-3-4-19(24)18(12-16)22-21(27-29-28-22)14-2-5-20-15(10-14)11-17(13-26-20)30-8-1-6-25-7-9-30/h2-5,10-13,25H,1,6-9H2,(H,27,28,29). The number of H-pyrrole nitrogens is 1. The Morgan fingerprint density at radius 3 is 2.80 bits per heavy atom. The number of nitrogens with one attached hydrogen (secondary N) is 2. The number of pyridine rings is 1. The number of rotatable bonds is 3. The maximum Gasteiger partial charge on any atom is 0.132 e. The fourth-order valence-corrected chi connectivity index (χ4v) is 4.02. The van der Waals surface area contributed by atoms with E-state index in [1.165, 1.54) is 12.1 Å². The predicted molar refractivity (Wildman–Crippen MR) is 117 cm³/mol. The van der Waals surface area contributed by atoms with Crippen molar-refractivity contribution in [2.24, 2.45) is 0 Å². The minimum absolute atomic E-state index is 0.315. The summed E-state index contributed by atoms with van der Waals surface area (Å²) in [5, 5.41) is 15.9. The Bertz CT molecular complexity index is 1200. The van der Waals surface area contributed by atoms with Crippen LogP contribution in [0.2, 0.25) is 5.02 Å². The highest BCUT2D eigenvalue weighted by atomic mass is 35.5. The first-order chi connectivity index (χ1) is 14.7. The third kappa shape index (κ3) is 3.62. The monoisotopic (exact) mass is 422 g/mol. The van der Waals surface area contributed by atoms with Gasteiger partial charge in [0.1, 0.15) is 17.2 Å². The van der Waals surface area contributed by atoms with Crippen LogP contribution in [0.1, 0.15) is 6.42 Å². The molecule has 0 bridgehead atoms. The number of hydrogen-bond acceptors (Lipinski definition) is 5. The molecule has 0 unspecified atom stereocenters. The summed E-state index contributed by atoms with van der Waals surface area (Å²) in [6.07, 6.45) is 3.03. The van der Waals surface area contributed by atoms with Gasteiger partial charge in [-0.3, -0.25) is 4.98 Å². The zero-order valence-electron chi connectivity index (χ0n) is 16.2. The van der Waals surface area contributed by atoms with Gasteiger partial charge in [0.05, 0.1) is 17.4 Å². The maximum absolute atomic E-state index is 14.4. The van der Waals surface area contributed by atoms with Gasteiger partial charge in [0, 0.05) is 41.2 Å². The summed E-state index contributed by atoms with van der Waals surface area (Å²) in [7, 11) is 0. The summed E-state index contributed by atoms with van der Waals surface area (Å²) < 4.78 is 14.4. The second-order valence-electron chi connectivity index (χ2n) is 7.34. The first kappa shape index (κ1) is 19.0. The van der Waals surface area contributed by atoms with Crippen molar-refractivity contribution >= 4 is 28.2 Å². The molecule has 1 aliphatic heterocycles. The Kier molecular flexibility index (Phi) is 5.06. The third-order valence-electron chi connectivity index (χ3n) is 5.38. The highest BCUT2D eigenvalue weighted by Crippen LogP contribution is 2.33. The molecule has 30 heavy (non-hydrogen) atoms. The zero-order chi connectivity index (χ0) is 20.5. The van der Waals surface area contributed by atoms with Gasteiger partial charge in [0.2, 0.25) is 0 Å². The van der Waals surface area contributed by atoms with Crippen molar-refractivity contribution in [3.05, 3.63) is 59.5 Å². The Morgan fingerprint density at radius 1 is 0.967 bits per heavy atom. The van der Waals surface area contributed by atoms with E-state index in [1.54, 1.807) is 6.07 Å². The van der Waals surface area contributed by atoms with Crippen molar-refractivity contribution in [3.63, 3.8) is 0 Å². The minimum Gasteiger partial charge on any atom is -0.369 e. The molecular formula is C22H20ClFN6. The molecule has 2 aromatic carbocycles. The zero-order valence-corrected chi connectivity index (χ0v) is 17.0. The van der Waals surface area contributed by atoms with Crippen LogP contribution >= 0.6 is 11.6 Å². The van der Waals surface area contributed by atoms with Crippen LogP contribution < -0.4 is 10.2 Å². The number of anilines is 1. The van der Waals surface area contributed by atoms with Crippen LogP contribution in [0.15, 0.2) is 48.7 Å². The smallest absolute Gasteiger partial charge is 0.132 e. The number of nitrogens with zero attached hydrogens (tertiary/aromatic N) is 4. The van der Waals surface area contributed by atoms with Gasteiger partial charge < -0.3 is 10.2 Å². The molecule has 1 fully saturated rings. The molecule has 0 spiro atoms. The molecule has 0 saturated carbocycles. The fourth-order valence-electron chi connectivity index (χ4n) is 3.84. The largest absolute Gasteiger partial charge is 0.369 e. The minimum atomic E-state index is -0.394. The normalized spacial score (nSPS) is 14.8. The van der Waals surface area contributed by atoms with Crippen molar-refractivity contribution in [1.29, 1.82) is 0 Å². The van der Waals surface area contributed by atoms with Crippen molar-refractivity contribution in [3.8, 4) is 22.5 Å². The van der Waals surface area contributed by atoms with Crippen LogP contribution in [-0.4, -0.2) is 46.6 Å². The summed E-state index contributed by atoms with van der Waals surface area (Å²) in [5.74, 6) is -0.394. The Morgan fingerprint density at radius 2 is 1.87 bits per heavy atom. The van der Waals surface area contributed by atoms with Crippen LogP contribution in [0.4, 0.5) is 10.1 Å². The molecule has 3 heterocycles. The van der Waals surface area contributed by atoms with Crippen LogP contribution in [0, 0.1) is 5.82 Å². The molecular weight excluding hydrogens is 403 g/mol. The van der Waals surface area contributed by atoms with Crippen LogP contribution in [0.3, 0.4) is 0 Å². The van der Waals surface area contributed by atoms with E-state index in [9.17, 15) is 4.39 Å². The fraction of sp³-hybridized carbons (Fsp3) is 0.227. The van der Waals surface area contributed by atoms with E-state index in [4.69, 9.17) is 11.6 Å². The van der Waals surface area contributed by atoms with Crippen molar-refractivity contribution in [1.82, 2.24) is 25.7 Å². The molecule has 1 aliphatic rings. The van der Waals surface area contributed by atoms with Gasteiger partial charge in [-0.1, -0.05) is 17.7 Å². The quantitative estimate of drug-likeness (QED) is 0.515. The van der Waals surface area contributed by atoms with Gasteiger partial charge in [0.25, 0.3) is 0 Å². The Hall–Kier alpha value is -3.03. The summed E-state index contributed by atoms with van der Waals surface area (Å²) >= 11 is 6.07. The average Bonchev–Trinajstić information content (AvgIpc) is 3.09. The first-order valence-electron chi connectivity index (χ1n) is 9.91. The predicted octanol–water partition coefficient (Wildman–Crippen LogP) is 4.28. The van der Waals surface area contributed by atoms with Crippen molar-refractivity contribution in [2.75, 3.05) is 31.1 Å². The molecule has 4 aromatic rings. The van der Waals surface area contributed by atoms with Gasteiger partial charge in [-0.25, -0.2) is 4.39 Å². The lowest BCUT2D eigenvalue weighted by Crippen LogP contribution is -2.27. The second kappa shape index (κ2) is 8.01. The number of fused-ring (bicyclic) bond motifs is 1. The SMILES string of the molecule is Fc1ccc(Cl)cc1-c1n[nH]nc1-c1ccc2ncc(N3CCCNCC3)cc2c1. The van der Waals surface area contributed by atoms with Gasteiger partial charge in [0.15, 0.2) is 0 Å². The molecule has 0 atom stereocenters. The third-order valence-corrected chi connectivity index (χ3v) is 5.61. The van der Waals surface area contributed by atoms with Crippen LogP contribution in [0.5, 0.6) is 0 Å². The van der Waals surface area contributed by atoms with E-state index in [0.29, 0.717) is 22.0 Å². The van der Waals surface area contributed by atoms with E-state index in [2.05, 4.69) is 36.7 Å². The van der Waals surface area contributed by atoms with Gasteiger partial charge in [-0.2, -0.15) is 15.4 Å². The van der Waals surface area contributed by atoms with Crippen molar-refractivity contribution in [2.45, 2.75) is 6.42 Å². The topological polar surface area (TPSA) is 69.7 Å². The molecule has 2 aromatic heterocycles. The molecule has 5 rings (SSSR count). The van der Waals surface area contributed by atoms with E-state index in [0.717, 1.165) is 54.8 Å². The molecule has 6 nitrogen and oxygen atoms in total. The molecule has 2 N–H and O–H groups in total. The number of hydrogen-bond donors (Lipinski definition) is 2. The number of aromatic nitrogens is 4. The molecule has 8 heteroatoms. The Labute approximate surface area is 178 Å². The van der Waals surface area contributed by atoms with E-state index < -0.39 is 5.82 Å². The molecule has 0 aliphatic carbocycles. The summed E-state index contributed by atoms with van der Waals surface area (Å²) in [6, 6.07) is 12.5. The second-order valence-corrected chi connectivity index (χ2v) is 7.77. The summed E-state index contributed by atoms with van der Waals surface area (Å²) in [4.78, 5) is 6.98. The molecule has 0 radical (unpaired) electrons. The average molecular weight is 423 g/mol. The lowest BCUT2D eigenvalue weighted by atomic mass is 10.0. The van der Waals surface area contributed by atoms with Crippen molar-refractivity contribution < 1.29 is 4.39 Å². The highest BCUT2D eigenvalue weighted by Gasteiger charge is 2.17. The Balaban J connectivity index is 1.56. The van der Waals surface area contributed by atoms with Crippen LogP contribution in [-0.2, 0) is 0 Å². The number of halogens is 2. The lowest BCUT2D eigenvalue weighted by Gasteiger charge is -2.22. The maximum atomic E-state index is 14.4. The lowest BCUT2D eigenvalue weighted by molar-refractivity contribution is 0.630. The van der Waals surface area contributed by atoms with E-state index in [-0.39, 0.29) is 0 Å². The molecule has 152 valence electrons. The van der Waals surface area contributed by atoms with Gasteiger partial charge in [-0.15, -0.1) is 0 Å². The number of benzene rings is 2. The van der Waals surface area contributed by atoms with E-state index >= 15 is 0 Å². The number of aromatic amines is 1. The molecule has 0 amide bonds. The summed E-state index contributed by atoms with van der Waals surface area (Å²) in [5.41, 5.74) is 4.15. The first-order valence-corrected chi connectivity index (χ1v) is 10.3. The summed E-state index contributed by atoms with van der Waals surface area (Å²) in [6.45, 7) is 3.96. The van der Waals surface area contributed by atoms with Gasteiger partial charge >= 0.3 is 0 Å². The highest BCUT2D eigenvalue weighted by molar-refractivity contribution is 6.30. The van der Waals surface area contributed by atoms with Gasteiger partial charge in [-0.05, 0) is 49.4 Å².